The number of nitrogens with zero attached hydrogens (tertiary/aromatic N) is 2. The molecule has 148 valence electrons. The van der Waals surface area contributed by atoms with Gasteiger partial charge < -0.3 is 5.32 Å². The Bertz CT molecular complexity index is 913. The summed E-state index contributed by atoms with van der Waals surface area (Å²) in [5, 5.41) is 12.8. The SMILES string of the molecule is CCCc1ccc([C@@H](NCC(=O)Nc2c(C)nn(C)c2C)c2cccs2)cc1. The minimum atomic E-state index is -0.0663. The number of carbonyl (C=O) groups is 1. The molecule has 0 aliphatic carbocycles. The van der Waals surface area contributed by atoms with Crippen molar-refractivity contribution < 1.29 is 4.79 Å². The first kappa shape index (κ1) is 20.3. The Kier molecular flexibility index (Phi) is 6.65. The molecule has 0 unspecified atom stereocenters. The molecular weight excluding hydrogens is 368 g/mol. The maximum absolute atomic E-state index is 12.6. The van der Waals surface area contributed by atoms with Gasteiger partial charge in [-0.1, -0.05) is 43.7 Å². The number of thiophene rings is 1. The predicted molar refractivity (Wildman–Crippen MR) is 116 cm³/mol. The van der Waals surface area contributed by atoms with E-state index < -0.39 is 0 Å². The Balaban J connectivity index is 1.71. The number of amides is 1. The van der Waals surface area contributed by atoms with Crippen LogP contribution < -0.4 is 10.6 Å². The molecule has 0 radical (unpaired) electrons. The molecule has 0 spiro atoms. The van der Waals surface area contributed by atoms with Crippen LogP contribution in [0.4, 0.5) is 5.69 Å². The molecule has 2 N–H and O–H groups in total. The maximum Gasteiger partial charge on any atom is 0.238 e. The summed E-state index contributed by atoms with van der Waals surface area (Å²) in [6.07, 6.45) is 2.23. The van der Waals surface area contributed by atoms with E-state index in [1.807, 2.05) is 27.0 Å². The van der Waals surface area contributed by atoms with E-state index in [4.69, 9.17) is 0 Å². The molecule has 5 nitrogen and oxygen atoms in total. The van der Waals surface area contributed by atoms with E-state index in [2.05, 4.69) is 58.4 Å². The average Bonchev–Trinajstić information content (AvgIpc) is 3.28. The minimum Gasteiger partial charge on any atom is -0.322 e. The third kappa shape index (κ3) is 4.69. The number of anilines is 1. The molecule has 2 heterocycles. The highest BCUT2D eigenvalue weighted by atomic mass is 32.1. The van der Waals surface area contributed by atoms with E-state index in [0.29, 0.717) is 0 Å². The van der Waals surface area contributed by atoms with Crippen molar-refractivity contribution in [1.82, 2.24) is 15.1 Å². The maximum atomic E-state index is 12.6. The number of carbonyl (C=O) groups excluding carboxylic acids is 1. The number of hydrogen-bond donors (Lipinski definition) is 2. The molecule has 0 fully saturated rings. The Morgan fingerprint density at radius 2 is 1.96 bits per heavy atom. The van der Waals surface area contributed by atoms with Crippen LogP contribution in [-0.2, 0) is 18.3 Å². The largest absolute Gasteiger partial charge is 0.322 e. The van der Waals surface area contributed by atoms with Gasteiger partial charge in [0, 0.05) is 11.9 Å². The summed E-state index contributed by atoms with van der Waals surface area (Å²) < 4.78 is 1.78. The number of aromatic nitrogens is 2. The van der Waals surface area contributed by atoms with E-state index in [1.165, 1.54) is 16.0 Å². The molecule has 0 saturated carbocycles. The fourth-order valence-electron chi connectivity index (χ4n) is 3.34. The van der Waals surface area contributed by atoms with Gasteiger partial charge in [0.25, 0.3) is 0 Å². The van der Waals surface area contributed by atoms with Crippen molar-refractivity contribution in [2.45, 2.75) is 39.7 Å². The smallest absolute Gasteiger partial charge is 0.238 e. The van der Waals surface area contributed by atoms with Crippen LogP contribution in [0.25, 0.3) is 0 Å². The van der Waals surface area contributed by atoms with Crippen molar-refractivity contribution in [1.29, 1.82) is 0 Å². The fraction of sp³-hybridized carbons (Fsp3) is 0.364. The van der Waals surface area contributed by atoms with Gasteiger partial charge in [-0.05, 0) is 42.8 Å². The first-order valence-corrected chi connectivity index (χ1v) is 10.5. The van der Waals surface area contributed by atoms with Crippen molar-refractivity contribution in [2.75, 3.05) is 11.9 Å². The van der Waals surface area contributed by atoms with Crippen LogP contribution in [0.15, 0.2) is 41.8 Å². The normalized spacial score (nSPS) is 12.1. The third-order valence-corrected chi connectivity index (χ3v) is 5.86. The lowest BCUT2D eigenvalue weighted by atomic mass is 10.0. The number of aryl methyl sites for hydroxylation is 3. The summed E-state index contributed by atoms with van der Waals surface area (Å²) in [6.45, 7) is 6.28. The molecule has 0 bridgehead atoms. The van der Waals surface area contributed by atoms with E-state index in [0.717, 1.165) is 29.9 Å². The van der Waals surface area contributed by atoms with Gasteiger partial charge in [-0.25, -0.2) is 0 Å². The van der Waals surface area contributed by atoms with Gasteiger partial charge in [-0.3, -0.25) is 14.8 Å². The summed E-state index contributed by atoms with van der Waals surface area (Å²) in [5.74, 6) is -0.0663. The zero-order valence-corrected chi connectivity index (χ0v) is 17.8. The van der Waals surface area contributed by atoms with Crippen molar-refractivity contribution in [3.05, 3.63) is 69.2 Å². The van der Waals surface area contributed by atoms with Crippen LogP contribution in [0.5, 0.6) is 0 Å². The van der Waals surface area contributed by atoms with Crippen LogP contribution in [0.2, 0.25) is 0 Å². The Labute approximate surface area is 170 Å². The lowest BCUT2D eigenvalue weighted by molar-refractivity contribution is -0.115. The van der Waals surface area contributed by atoms with Crippen molar-refractivity contribution >= 4 is 22.9 Å². The summed E-state index contributed by atoms with van der Waals surface area (Å²) in [6, 6.07) is 12.8. The number of benzene rings is 1. The zero-order valence-electron chi connectivity index (χ0n) is 17.0. The minimum absolute atomic E-state index is 0.00230. The second kappa shape index (κ2) is 9.17. The van der Waals surface area contributed by atoms with Gasteiger partial charge >= 0.3 is 0 Å². The quantitative estimate of drug-likeness (QED) is 0.594. The van der Waals surface area contributed by atoms with Gasteiger partial charge in [0.1, 0.15) is 0 Å². The number of hydrogen-bond acceptors (Lipinski definition) is 4. The zero-order chi connectivity index (χ0) is 20.1. The van der Waals surface area contributed by atoms with E-state index in [1.54, 1.807) is 16.0 Å². The van der Waals surface area contributed by atoms with Crippen LogP contribution >= 0.6 is 11.3 Å². The van der Waals surface area contributed by atoms with Gasteiger partial charge in [-0.2, -0.15) is 5.10 Å². The molecule has 6 heteroatoms. The summed E-state index contributed by atoms with van der Waals surface area (Å²) in [5.41, 5.74) is 5.09. The molecule has 3 aromatic rings. The van der Waals surface area contributed by atoms with Gasteiger partial charge in [0.2, 0.25) is 5.91 Å². The fourth-order valence-corrected chi connectivity index (χ4v) is 4.16. The lowest BCUT2D eigenvalue weighted by Crippen LogP contribution is -2.31. The first-order valence-electron chi connectivity index (χ1n) is 9.65. The number of nitrogens with one attached hydrogen (secondary N) is 2. The van der Waals surface area contributed by atoms with E-state index in [9.17, 15) is 4.79 Å². The third-order valence-electron chi connectivity index (χ3n) is 4.92. The molecular formula is C22H28N4OS. The Morgan fingerprint density at radius 1 is 1.21 bits per heavy atom. The van der Waals surface area contributed by atoms with Crippen LogP contribution in [-0.4, -0.2) is 22.2 Å². The highest BCUT2D eigenvalue weighted by Gasteiger charge is 2.18. The van der Waals surface area contributed by atoms with Crippen molar-refractivity contribution in [3.8, 4) is 0 Å². The number of rotatable bonds is 8. The summed E-state index contributed by atoms with van der Waals surface area (Å²) in [7, 11) is 1.88. The lowest BCUT2D eigenvalue weighted by Gasteiger charge is -2.18. The molecule has 28 heavy (non-hydrogen) atoms. The van der Waals surface area contributed by atoms with E-state index in [-0.39, 0.29) is 18.5 Å². The molecule has 0 aliphatic rings. The van der Waals surface area contributed by atoms with Crippen molar-refractivity contribution in [3.63, 3.8) is 0 Å². The van der Waals surface area contributed by atoms with E-state index >= 15 is 0 Å². The Hall–Kier alpha value is -2.44. The monoisotopic (exact) mass is 396 g/mol. The summed E-state index contributed by atoms with van der Waals surface area (Å²) in [4.78, 5) is 13.8. The van der Waals surface area contributed by atoms with Crippen LogP contribution in [0.3, 0.4) is 0 Å². The summed E-state index contributed by atoms with van der Waals surface area (Å²) >= 11 is 1.70. The molecule has 1 aromatic carbocycles. The molecule has 3 rings (SSSR count). The Morgan fingerprint density at radius 3 is 2.54 bits per heavy atom. The van der Waals surface area contributed by atoms with Crippen molar-refractivity contribution in [2.24, 2.45) is 7.05 Å². The second-order valence-electron chi connectivity index (χ2n) is 7.04. The van der Waals surface area contributed by atoms with Crippen LogP contribution in [0.1, 0.15) is 46.8 Å². The second-order valence-corrected chi connectivity index (χ2v) is 8.02. The van der Waals surface area contributed by atoms with Gasteiger partial charge in [-0.15, -0.1) is 11.3 Å². The topological polar surface area (TPSA) is 59.0 Å². The molecule has 0 saturated heterocycles. The predicted octanol–water partition coefficient (Wildman–Crippen LogP) is 4.37. The standard InChI is InChI=1S/C22H28N4OS/c1-5-7-17-9-11-18(12-10-17)22(19-8-6-13-28-19)23-14-20(27)24-21-15(2)25-26(4)16(21)3/h6,8-13,22-23H,5,7,14H2,1-4H3,(H,24,27)/t22-/m1/s1. The first-order chi connectivity index (χ1) is 13.5. The average molecular weight is 397 g/mol. The van der Waals surface area contributed by atoms with Gasteiger partial charge in [0.15, 0.2) is 0 Å². The highest BCUT2D eigenvalue weighted by Crippen LogP contribution is 2.26. The molecule has 2 aromatic heterocycles. The molecule has 1 amide bonds. The van der Waals surface area contributed by atoms with Gasteiger partial charge in [0.05, 0.1) is 29.7 Å². The molecule has 0 aliphatic heterocycles. The molecule has 1 atom stereocenters. The van der Waals surface area contributed by atoms with Crippen LogP contribution in [0, 0.1) is 13.8 Å². The highest BCUT2D eigenvalue weighted by molar-refractivity contribution is 7.10.